The van der Waals surface area contributed by atoms with Gasteiger partial charge in [0, 0.05) is 10.5 Å². The van der Waals surface area contributed by atoms with Gasteiger partial charge in [0.1, 0.15) is 5.76 Å². The minimum Gasteiger partial charge on any atom is -0.385 e. The molecule has 0 spiro atoms. The van der Waals surface area contributed by atoms with Crippen LogP contribution in [0.5, 0.6) is 0 Å². The fourth-order valence-electron chi connectivity index (χ4n) is 1.54. The summed E-state index contributed by atoms with van der Waals surface area (Å²) >= 11 is 3.36. The van der Waals surface area contributed by atoms with Crippen LogP contribution in [0.3, 0.4) is 0 Å². The number of nitrogens with one attached hydrogen (secondary N) is 1. The quantitative estimate of drug-likeness (QED) is 0.663. The number of benzene rings is 1. The molecule has 1 aromatic heterocycles. The first-order valence-electron chi connectivity index (χ1n) is 6.20. The molecule has 110 valence electrons. The highest BCUT2D eigenvalue weighted by Gasteiger charge is 2.06. The summed E-state index contributed by atoms with van der Waals surface area (Å²) in [5.41, 5.74) is 1.61. The van der Waals surface area contributed by atoms with Gasteiger partial charge < -0.3 is 14.7 Å². The Balaban J connectivity index is 1.83. The molecule has 21 heavy (non-hydrogen) atoms. The molecular weight excluding hydrogens is 338 g/mol. The first-order chi connectivity index (χ1) is 10.0. The molecule has 2 rings (SSSR count). The lowest BCUT2D eigenvalue weighted by molar-refractivity contribution is -0.120. The van der Waals surface area contributed by atoms with E-state index in [-0.39, 0.29) is 12.5 Å². The van der Waals surface area contributed by atoms with E-state index in [4.69, 9.17) is 9.36 Å². The minimum absolute atomic E-state index is 0.195. The highest BCUT2D eigenvalue weighted by atomic mass is 79.9. The zero-order valence-corrected chi connectivity index (χ0v) is 13.2. The molecular formula is C14H14BrN3O3. The summed E-state index contributed by atoms with van der Waals surface area (Å²) in [5.74, 6) is 0.626. The number of hydrogen-bond acceptors (Lipinski definition) is 5. The summed E-state index contributed by atoms with van der Waals surface area (Å²) < 4.78 is 5.83. The average molecular weight is 352 g/mol. The molecule has 0 radical (unpaired) electrons. The molecule has 7 heteroatoms. The SMILES string of the molecule is C/C(=N/OCC(=O)Nc1cc(C)on1)c1ccc(Br)cc1. The van der Waals surface area contributed by atoms with Crippen LogP contribution in [0.1, 0.15) is 18.2 Å². The maximum atomic E-state index is 11.6. The lowest BCUT2D eigenvalue weighted by atomic mass is 10.1. The van der Waals surface area contributed by atoms with Crippen molar-refractivity contribution in [2.24, 2.45) is 5.16 Å². The van der Waals surface area contributed by atoms with E-state index >= 15 is 0 Å². The summed E-state index contributed by atoms with van der Waals surface area (Å²) in [6.45, 7) is 3.35. The second-order valence-corrected chi connectivity index (χ2v) is 5.24. The molecule has 0 aliphatic rings. The zero-order valence-electron chi connectivity index (χ0n) is 11.6. The van der Waals surface area contributed by atoms with Crippen molar-refractivity contribution in [2.45, 2.75) is 13.8 Å². The molecule has 0 aliphatic heterocycles. The molecule has 1 amide bonds. The van der Waals surface area contributed by atoms with Gasteiger partial charge in [-0.3, -0.25) is 4.79 Å². The molecule has 1 aromatic carbocycles. The van der Waals surface area contributed by atoms with Crippen LogP contribution in [-0.2, 0) is 9.63 Å². The van der Waals surface area contributed by atoms with E-state index in [0.717, 1.165) is 10.0 Å². The fraction of sp³-hybridized carbons (Fsp3) is 0.214. The van der Waals surface area contributed by atoms with Crippen molar-refractivity contribution >= 4 is 33.4 Å². The predicted octanol–water partition coefficient (Wildman–Crippen LogP) is 3.12. The van der Waals surface area contributed by atoms with Crippen molar-refractivity contribution in [2.75, 3.05) is 11.9 Å². The standard InChI is InChI=1S/C14H14BrN3O3/c1-9-7-13(18-21-9)16-14(19)8-20-17-10(2)11-3-5-12(15)6-4-11/h3-7H,8H2,1-2H3,(H,16,18,19)/b17-10-. The summed E-state index contributed by atoms with van der Waals surface area (Å²) in [6.07, 6.45) is 0. The van der Waals surface area contributed by atoms with Crippen LogP contribution in [0, 0.1) is 6.92 Å². The Morgan fingerprint density at radius 2 is 2.14 bits per heavy atom. The van der Waals surface area contributed by atoms with Crippen LogP contribution in [-0.4, -0.2) is 23.4 Å². The van der Waals surface area contributed by atoms with Crippen molar-refractivity contribution in [3.05, 3.63) is 46.1 Å². The van der Waals surface area contributed by atoms with Gasteiger partial charge in [0.05, 0.1) is 5.71 Å². The van der Waals surface area contributed by atoms with E-state index in [1.54, 1.807) is 13.0 Å². The van der Waals surface area contributed by atoms with Crippen molar-refractivity contribution in [3.8, 4) is 0 Å². The van der Waals surface area contributed by atoms with Gasteiger partial charge in [-0.15, -0.1) is 0 Å². The van der Waals surface area contributed by atoms with Gasteiger partial charge in [0.25, 0.3) is 5.91 Å². The minimum atomic E-state index is -0.351. The highest BCUT2D eigenvalue weighted by Crippen LogP contribution is 2.11. The normalized spacial score (nSPS) is 11.3. The summed E-state index contributed by atoms with van der Waals surface area (Å²) in [7, 11) is 0. The largest absolute Gasteiger partial charge is 0.385 e. The molecule has 0 bridgehead atoms. The third-order valence-corrected chi connectivity index (χ3v) is 3.08. The van der Waals surface area contributed by atoms with E-state index in [0.29, 0.717) is 17.3 Å². The van der Waals surface area contributed by atoms with Crippen LogP contribution < -0.4 is 5.32 Å². The van der Waals surface area contributed by atoms with E-state index in [1.165, 1.54) is 0 Å². The molecule has 0 unspecified atom stereocenters. The maximum absolute atomic E-state index is 11.6. The summed E-state index contributed by atoms with van der Waals surface area (Å²) in [5, 5.41) is 10.1. The monoisotopic (exact) mass is 351 g/mol. The van der Waals surface area contributed by atoms with Crippen LogP contribution in [0.2, 0.25) is 0 Å². The third kappa shape index (κ3) is 4.71. The Bertz CT molecular complexity index is 650. The lowest BCUT2D eigenvalue weighted by Gasteiger charge is -2.03. The van der Waals surface area contributed by atoms with Gasteiger partial charge in [0.2, 0.25) is 0 Å². The number of oxime groups is 1. The van der Waals surface area contributed by atoms with Gasteiger partial charge in [0.15, 0.2) is 12.4 Å². The number of rotatable bonds is 5. The second kappa shape index (κ2) is 7.03. The van der Waals surface area contributed by atoms with Crippen LogP contribution in [0.25, 0.3) is 0 Å². The Hall–Kier alpha value is -2.15. The van der Waals surface area contributed by atoms with Gasteiger partial charge in [-0.05, 0) is 31.5 Å². The third-order valence-electron chi connectivity index (χ3n) is 2.55. The second-order valence-electron chi connectivity index (χ2n) is 4.33. The highest BCUT2D eigenvalue weighted by molar-refractivity contribution is 9.10. The van der Waals surface area contributed by atoms with Gasteiger partial charge >= 0.3 is 0 Å². The number of aromatic nitrogens is 1. The topological polar surface area (TPSA) is 76.7 Å². The van der Waals surface area contributed by atoms with Crippen molar-refractivity contribution in [1.82, 2.24) is 5.16 Å². The zero-order chi connectivity index (χ0) is 15.2. The number of hydrogen-bond donors (Lipinski definition) is 1. The first kappa shape index (κ1) is 15.2. The molecule has 0 saturated heterocycles. The molecule has 2 aromatic rings. The molecule has 0 fully saturated rings. The van der Waals surface area contributed by atoms with E-state index in [9.17, 15) is 4.79 Å². The lowest BCUT2D eigenvalue weighted by Crippen LogP contribution is -2.17. The van der Waals surface area contributed by atoms with Crippen LogP contribution in [0.4, 0.5) is 5.82 Å². The summed E-state index contributed by atoms with van der Waals surface area (Å²) in [4.78, 5) is 16.6. The van der Waals surface area contributed by atoms with E-state index in [1.807, 2.05) is 31.2 Å². The number of aryl methyl sites for hydroxylation is 1. The molecule has 1 heterocycles. The van der Waals surface area contributed by atoms with Gasteiger partial charge in [-0.2, -0.15) is 0 Å². The fourth-order valence-corrected chi connectivity index (χ4v) is 1.80. The Kier molecular flexibility index (Phi) is 5.10. The van der Waals surface area contributed by atoms with Gasteiger partial charge in [-0.25, -0.2) is 0 Å². The molecule has 0 saturated carbocycles. The summed E-state index contributed by atoms with van der Waals surface area (Å²) in [6, 6.07) is 9.26. The molecule has 0 aliphatic carbocycles. The smallest absolute Gasteiger partial charge is 0.266 e. The van der Waals surface area contributed by atoms with E-state index < -0.39 is 0 Å². The van der Waals surface area contributed by atoms with Crippen LogP contribution in [0.15, 0.2) is 44.5 Å². The van der Waals surface area contributed by atoms with Crippen LogP contribution >= 0.6 is 15.9 Å². The number of nitrogens with zero attached hydrogens (tertiary/aromatic N) is 2. The first-order valence-corrected chi connectivity index (χ1v) is 6.99. The Morgan fingerprint density at radius 1 is 1.43 bits per heavy atom. The Morgan fingerprint density at radius 3 is 2.76 bits per heavy atom. The van der Waals surface area contributed by atoms with Crippen molar-refractivity contribution in [1.29, 1.82) is 0 Å². The maximum Gasteiger partial charge on any atom is 0.266 e. The number of anilines is 1. The van der Waals surface area contributed by atoms with Gasteiger partial charge in [-0.1, -0.05) is 38.4 Å². The number of halogens is 1. The molecule has 1 N–H and O–H groups in total. The number of carbonyl (C=O) groups is 1. The number of carbonyl (C=O) groups excluding carboxylic acids is 1. The molecule has 0 atom stereocenters. The predicted molar refractivity (Wildman–Crippen MR) is 82.2 cm³/mol. The van der Waals surface area contributed by atoms with Crippen molar-refractivity contribution < 1.29 is 14.2 Å². The van der Waals surface area contributed by atoms with E-state index in [2.05, 4.69) is 31.6 Å². The Labute approximate surface area is 130 Å². The number of amides is 1. The molecule has 6 nitrogen and oxygen atoms in total. The van der Waals surface area contributed by atoms with Crippen molar-refractivity contribution in [3.63, 3.8) is 0 Å². The average Bonchev–Trinajstić information content (AvgIpc) is 2.84.